The van der Waals surface area contributed by atoms with Crippen molar-refractivity contribution < 1.29 is 4.79 Å². The Bertz CT molecular complexity index is 440. The molecule has 1 rings (SSSR count). The van der Waals surface area contributed by atoms with Crippen LogP contribution >= 0.6 is 0 Å². The molecule has 1 aliphatic carbocycles. The lowest BCUT2D eigenvalue weighted by Crippen LogP contribution is -2.30. The number of carbonyl (C=O) groups is 1. The van der Waals surface area contributed by atoms with Crippen LogP contribution in [0.4, 0.5) is 0 Å². The topological polar surface area (TPSA) is 29.1 Å². The van der Waals surface area contributed by atoms with Gasteiger partial charge in [0.1, 0.15) is 0 Å². The molecule has 1 unspecified atom stereocenters. The predicted molar refractivity (Wildman–Crippen MR) is 86.4 cm³/mol. The zero-order valence-corrected chi connectivity index (χ0v) is 13.0. The molecular weight excluding hydrogens is 246 g/mol. The molecule has 0 aromatic rings. The van der Waals surface area contributed by atoms with Gasteiger partial charge in [0.05, 0.1) is 0 Å². The van der Waals surface area contributed by atoms with Crippen LogP contribution in [0.15, 0.2) is 47.6 Å². The van der Waals surface area contributed by atoms with Gasteiger partial charge >= 0.3 is 0 Å². The summed E-state index contributed by atoms with van der Waals surface area (Å²) >= 11 is 0. The summed E-state index contributed by atoms with van der Waals surface area (Å²) in [6.45, 7) is 10.7. The van der Waals surface area contributed by atoms with Gasteiger partial charge in [0.2, 0.25) is 5.91 Å². The normalized spacial score (nSPS) is 17.1. The molecule has 2 heteroatoms. The van der Waals surface area contributed by atoms with Crippen molar-refractivity contribution >= 4 is 5.91 Å². The first kappa shape index (κ1) is 16.5. The molecule has 0 fully saturated rings. The minimum absolute atomic E-state index is 0.102. The molecule has 0 saturated heterocycles. The molecule has 20 heavy (non-hydrogen) atoms. The van der Waals surface area contributed by atoms with Crippen LogP contribution in [-0.4, -0.2) is 12.5 Å². The second-order valence-corrected chi connectivity index (χ2v) is 5.32. The Balaban J connectivity index is 2.58. The molecule has 0 aromatic carbocycles. The maximum Gasteiger partial charge on any atom is 0.223 e. The van der Waals surface area contributed by atoms with Gasteiger partial charge in [-0.25, -0.2) is 0 Å². The number of carbonyl (C=O) groups excluding carboxylic acids is 1. The van der Waals surface area contributed by atoms with E-state index in [0.29, 0.717) is 6.54 Å². The minimum Gasteiger partial charge on any atom is -0.352 e. The van der Waals surface area contributed by atoms with E-state index >= 15 is 0 Å². The predicted octanol–water partition coefficient (Wildman–Crippen LogP) is 4.32. The monoisotopic (exact) mass is 273 g/mol. The largest absolute Gasteiger partial charge is 0.352 e. The van der Waals surface area contributed by atoms with Gasteiger partial charge in [0.25, 0.3) is 0 Å². The lowest BCUT2D eigenvalue weighted by molar-refractivity contribution is -0.124. The second kappa shape index (κ2) is 8.57. The Kier molecular flexibility index (Phi) is 7.06. The summed E-state index contributed by atoms with van der Waals surface area (Å²) in [5, 5.41) is 3.02. The summed E-state index contributed by atoms with van der Waals surface area (Å²) < 4.78 is 0. The summed E-state index contributed by atoms with van der Waals surface area (Å²) in [5.74, 6) is 0.256. The van der Waals surface area contributed by atoms with Gasteiger partial charge in [-0.05, 0) is 36.8 Å². The molecule has 1 aliphatic rings. The smallest absolute Gasteiger partial charge is 0.223 e. The van der Waals surface area contributed by atoms with Crippen molar-refractivity contribution in [1.82, 2.24) is 5.32 Å². The first-order valence-electron chi connectivity index (χ1n) is 7.61. The second-order valence-electron chi connectivity index (χ2n) is 5.32. The van der Waals surface area contributed by atoms with Crippen molar-refractivity contribution in [2.24, 2.45) is 5.92 Å². The van der Waals surface area contributed by atoms with E-state index in [2.05, 4.69) is 37.0 Å². The van der Waals surface area contributed by atoms with Crippen LogP contribution in [0.3, 0.4) is 0 Å². The fourth-order valence-corrected chi connectivity index (χ4v) is 2.19. The van der Waals surface area contributed by atoms with Crippen LogP contribution < -0.4 is 5.32 Å². The third kappa shape index (κ3) is 4.84. The van der Waals surface area contributed by atoms with Crippen molar-refractivity contribution in [3.63, 3.8) is 0 Å². The van der Waals surface area contributed by atoms with Crippen LogP contribution in [0.25, 0.3) is 0 Å². The van der Waals surface area contributed by atoms with E-state index in [1.54, 1.807) is 0 Å². The Labute approximate surface area is 123 Å². The molecule has 110 valence electrons. The summed E-state index contributed by atoms with van der Waals surface area (Å²) in [6.07, 6.45) is 12.4. The van der Waals surface area contributed by atoms with Crippen LogP contribution in [0.2, 0.25) is 0 Å². The minimum atomic E-state index is 0.102. The SMILES string of the molecule is C=C/C(=C\CC)C1=CC=C(CNC(=O)C(C)CC)CC1. The van der Waals surface area contributed by atoms with Crippen molar-refractivity contribution in [3.8, 4) is 0 Å². The summed E-state index contributed by atoms with van der Waals surface area (Å²) in [4.78, 5) is 11.7. The molecule has 0 saturated carbocycles. The summed E-state index contributed by atoms with van der Waals surface area (Å²) in [6, 6.07) is 0. The number of nitrogens with one attached hydrogen (secondary N) is 1. The van der Waals surface area contributed by atoms with Crippen molar-refractivity contribution in [2.75, 3.05) is 6.54 Å². The fraction of sp³-hybridized carbons (Fsp3) is 0.500. The number of allylic oxidation sites excluding steroid dienone is 6. The first-order chi connectivity index (χ1) is 9.62. The van der Waals surface area contributed by atoms with Gasteiger partial charge in [-0.2, -0.15) is 0 Å². The lowest BCUT2D eigenvalue weighted by atomic mass is 9.92. The van der Waals surface area contributed by atoms with Gasteiger partial charge in [0.15, 0.2) is 0 Å². The van der Waals surface area contributed by atoms with Gasteiger partial charge in [-0.15, -0.1) is 0 Å². The zero-order valence-electron chi connectivity index (χ0n) is 13.0. The molecule has 1 amide bonds. The first-order valence-corrected chi connectivity index (χ1v) is 7.61. The van der Waals surface area contributed by atoms with E-state index < -0.39 is 0 Å². The molecule has 0 bridgehead atoms. The molecule has 0 aliphatic heterocycles. The van der Waals surface area contributed by atoms with Gasteiger partial charge in [-0.3, -0.25) is 4.79 Å². The average molecular weight is 273 g/mol. The molecule has 2 nitrogen and oxygen atoms in total. The van der Waals surface area contributed by atoms with E-state index in [0.717, 1.165) is 25.7 Å². The van der Waals surface area contributed by atoms with Crippen molar-refractivity contribution in [3.05, 3.63) is 47.6 Å². The fourth-order valence-electron chi connectivity index (χ4n) is 2.19. The molecule has 0 radical (unpaired) electrons. The van der Waals surface area contributed by atoms with E-state index in [4.69, 9.17) is 0 Å². The summed E-state index contributed by atoms with van der Waals surface area (Å²) in [5.41, 5.74) is 3.88. The molecule has 0 heterocycles. The van der Waals surface area contributed by atoms with Crippen molar-refractivity contribution in [1.29, 1.82) is 0 Å². The Morgan fingerprint density at radius 1 is 1.40 bits per heavy atom. The van der Waals surface area contributed by atoms with Gasteiger partial charge in [0, 0.05) is 12.5 Å². The highest BCUT2D eigenvalue weighted by Crippen LogP contribution is 2.24. The number of rotatable bonds is 7. The van der Waals surface area contributed by atoms with Gasteiger partial charge < -0.3 is 5.32 Å². The Morgan fingerprint density at radius 3 is 2.65 bits per heavy atom. The van der Waals surface area contributed by atoms with E-state index in [1.165, 1.54) is 16.7 Å². The summed E-state index contributed by atoms with van der Waals surface area (Å²) in [7, 11) is 0. The Hall–Kier alpha value is -1.57. The molecule has 1 N–H and O–H groups in total. The molecule has 1 atom stereocenters. The molecule has 0 aromatic heterocycles. The highest BCUT2D eigenvalue weighted by Gasteiger charge is 2.12. The van der Waals surface area contributed by atoms with Crippen LogP contribution in [0.5, 0.6) is 0 Å². The van der Waals surface area contributed by atoms with Crippen LogP contribution in [0.1, 0.15) is 46.5 Å². The Morgan fingerprint density at radius 2 is 2.15 bits per heavy atom. The van der Waals surface area contributed by atoms with Crippen molar-refractivity contribution in [2.45, 2.75) is 46.5 Å². The average Bonchev–Trinajstić information content (AvgIpc) is 2.50. The maximum atomic E-state index is 11.7. The van der Waals surface area contributed by atoms with Gasteiger partial charge in [-0.1, -0.05) is 57.2 Å². The molecular formula is C18H27NO. The standard InChI is InChI=1S/C18H27NO/c1-5-8-16(7-3)17-11-9-15(10-12-17)13-19-18(20)14(4)6-2/h7-9,11,14H,3,5-6,10,12-13H2,1-2,4H3,(H,19,20)/b16-8+. The van der Waals surface area contributed by atoms with E-state index in [9.17, 15) is 4.79 Å². The van der Waals surface area contributed by atoms with Crippen LogP contribution in [-0.2, 0) is 4.79 Å². The third-order valence-electron chi connectivity index (χ3n) is 3.80. The maximum absolute atomic E-state index is 11.7. The number of hydrogen-bond acceptors (Lipinski definition) is 1. The third-order valence-corrected chi connectivity index (χ3v) is 3.80. The number of amides is 1. The quantitative estimate of drug-likeness (QED) is 0.688. The lowest BCUT2D eigenvalue weighted by Gasteiger charge is -2.17. The highest BCUT2D eigenvalue weighted by molar-refractivity contribution is 5.78. The van der Waals surface area contributed by atoms with E-state index in [-0.39, 0.29) is 11.8 Å². The zero-order chi connectivity index (χ0) is 15.0. The molecule has 0 spiro atoms. The van der Waals surface area contributed by atoms with Crippen LogP contribution in [0, 0.1) is 5.92 Å². The van der Waals surface area contributed by atoms with E-state index in [1.807, 2.05) is 19.9 Å². The highest BCUT2D eigenvalue weighted by atomic mass is 16.1. The number of hydrogen-bond donors (Lipinski definition) is 1.